The summed E-state index contributed by atoms with van der Waals surface area (Å²) < 4.78 is 1.07. The number of halogens is 1. The summed E-state index contributed by atoms with van der Waals surface area (Å²) in [5.74, 6) is 0.736. The highest BCUT2D eigenvalue weighted by molar-refractivity contribution is 9.11. The van der Waals surface area contributed by atoms with Crippen molar-refractivity contribution in [2.45, 2.75) is 25.8 Å². The lowest BCUT2D eigenvalue weighted by molar-refractivity contribution is 0.189. The molecule has 1 heterocycles. The number of allylic oxidation sites excluding steroid dienone is 6. The highest BCUT2D eigenvalue weighted by atomic mass is 79.9. The van der Waals surface area contributed by atoms with Gasteiger partial charge in [0.15, 0.2) is 0 Å². The number of aliphatic hydroxyl groups is 1. The molecule has 0 saturated carbocycles. The number of aliphatic hydroxyl groups excluding tert-OH is 1. The van der Waals surface area contributed by atoms with Crippen LogP contribution < -0.4 is 5.32 Å². The van der Waals surface area contributed by atoms with Crippen molar-refractivity contribution in [1.82, 2.24) is 5.32 Å². The van der Waals surface area contributed by atoms with Gasteiger partial charge in [-0.1, -0.05) is 64.0 Å². The van der Waals surface area contributed by atoms with Crippen LogP contribution in [0.4, 0.5) is 0 Å². The number of hydrogen-bond donors (Lipinski definition) is 2. The van der Waals surface area contributed by atoms with E-state index in [0.29, 0.717) is 5.76 Å². The normalized spacial score (nSPS) is 35.5. The van der Waals surface area contributed by atoms with Gasteiger partial charge in [-0.15, -0.1) is 0 Å². The highest BCUT2D eigenvalue weighted by Crippen LogP contribution is 2.52. The number of rotatable bonds is 1. The number of hydrogen-bond acceptors (Lipinski definition) is 2. The minimum absolute atomic E-state index is 0.0986. The maximum absolute atomic E-state index is 11.0. The van der Waals surface area contributed by atoms with Crippen molar-refractivity contribution in [3.05, 3.63) is 81.6 Å². The molecule has 124 valence electrons. The van der Waals surface area contributed by atoms with Gasteiger partial charge in [-0.2, -0.15) is 0 Å². The van der Waals surface area contributed by atoms with Crippen molar-refractivity contribution in [3.63, 3.8) is 0 Å². The zero-order valence-electron chi connectivity index (χ0n) is 13.8. The summed E-state index contributed by atoms with van der Waals surface area (Å²) >= 11 is 3.59. The van der Waals surface area contributed by atoms with E-state index in [1.165, 1.54) is 16.7 Å². The van der Waals surface area contributed by atoms with Gasteiger partial charge in [-0.3, -0.25) is 0 Å². The van der Waals surface area contributed by atoms with Crippen LogP contribution in [0.5, 0.6) is 0 Å². The Morgan fingerprint density at radius 3 is 2.96 bits per heavy atom. The second-order valence-corrected chi connectivity index (χ2v) is 7.98. The summed E-state index contributed by atoms with van der Waals surface area (Å²) in [6.45, 7) is 3.12. The first-order valence-electron chi connectivity index (χ1n) is 8.56. The summed E-state index contributed by atoms with van der Waals surface area (Å²) in [5.41, 5.74) is 3.57. The van der Waals surface area contributed by atoms with Gasteiger partial charge in [0.1, 0.15) is 5.76 Å². The van der Waals surface area contributed by atoms with Gasteiger partial charge in [0, 0.05) is 16.4 Å². The lowest BCUT2D eigenvalue weighted by Crippen LogP contribution is -2.44. The van der Waals surface area contributed by atoms with Gasteiger partial charge >= 0.3 is 0 Å². The van der Waals surface area contributed by atoms with Crippen LogP contribution in [0.25, 0.3) is 0 Å². The molecule has 2 bridgehead atoms. The van der Waals surface area contributed by atoms with Crippen molar-refractivity contribution in [2.24, 2.45) is 11.3 Å². The maximum Gasteiger partial charge on any atom is 0.101 e. The Labute approximate surface area is 151 Å². The van der Waals surface area contributed by atoms with E-state index in [-0.39, 0.29) is 12.0 Å². The second kappa shape index (κ2) is 6.05. The zero-order valence-corrected chi connectivity index (χ0v) is 15.4. The molecule has 0 fully saturated rings. The van der Waals surface area contributed by atoms with Crippen LogP contribution in [0.15, 0.2) is 70.5 Å². The predicted octanol–water partition coefficient (Wildman–Crippen LogP) is 5.12. The largest absolute Gasteiger partial charge is 0.512 e. The van der Waals surface area contributed by atoms with Gasteiger partial charge in [0.2, 0.25) is 0 Å². The van der Waals surface area contributed by atoms with E-state index in [4.69, 9.17) is 0 Å². The molecule has 2 nitrogen and oxygen atoms in total. The SMILES string of the molecule is CC1(C2NCCc3ccccc32)C(O)=CC2/C=C/C(Br)=C\C=C1C2. The third-order valence-electron chi connectivity index (χ3n) is 5.66. The quantitative estimate of drug-likeness (QED) is 0.705. The first kappa shape index (κ1) is 15.9. The molecule has 1 aromatic carbocycles. The monoisotopic (exact) mass is 383 g/mol. The molecule has 3 atom stereocenters. The van der Waals surface area contributed by atoms with Gasteiger partial charge in [-0.25, -0.2) is 0 Å². The van der Waals surface area contributed by atoms with E-state index in [9.17, 15) is 5.11 Å². The molecule has 2 N–H and O–H groups in total. The van der Waals surface area contributed by atoms with Crippen LogP contribution in [-0.2, 0) is 6.42 Å². The number of nitrogens with one attached hydrogen (secondary N) is 1. The summed E-state index contributed by atoms with van der Waals surface area (Å²) in [7, 11) is 0. The van der Waals surface area contributed by atoms with Crippen LogP contribution in [0.1, 0.15) is 30.5 Å². The molecule has 1 aliphatic heterocycles. The van der Waals surface area contributed by atoms with Crippen LogP contribution in [0.3, 0.4) is 0 Å². The number of benzene rings is 1. The van der Waals surface area contributed by atoms with Crippen molar-refractivity contribution in [1.29, 1.82) is 0 Å². The fraction of sp³-hybridized carbons (Fsp3) is 0.333. The van der Waals surface area contributed by atoms with Crippen LogP contribution in [0, 0.1) is 11.3 Å². The summed E-state index contributed by atoms with van der Waals surface area (Å²) in [5, 5.41) is 14.7. The lowest BCUT2D eigenvalue weighted by atomic mass is 9.64. The van der Waals surface area contributed by atoms with E-state index in [2.05, 4.69) is 76.7 Å². The fourth-order valence-electron chi connectivity index (χ4n) is 4.23. The molecule has 3 unspecified atom stereocenters. The summed E-state index contributed by atoms with van der Waals surface area (Å²) in [4.78, 5) is 0. The molecule has 0 radical (unpaired) electrons. The maximum atomic E-state index is 11.0. The Kier molecular flexibility index (Phi) is 4.01. The van der Waals surface area contributed by atoms with E-state index in [1.807, 2.05) is 6.08 Å². The molecule has 0 aromatic heterocycles. The van der Waals surface area contributed by atoms with Crippen molar-refractivity contribution in [3.8, 4) is 0 Å². The van der Waals surface area contributed by atoms with E-state index >= 15 is 0 Å². The molecule has 3 aliphatic rings. The Morgan fingerprint density at radius 2 is 2.08 bits per heavy atom. The minimum Gasteiger partial charge on any atom is -0.512 e. The number of fused-ring (bicyclic) bond motifs is 3. The van der Waals surface area contributed by atoms with E-state index in [1.54, 1.807) is 0 Å². The molecule has 0 spiro atoms. The molecular formula is C21H22BrNO. The van der Waals surface area contributed by atoms with Gasteiger partial charge < -0.3 is 10.4 Å². The van der Waals surface area contributed by atoms with Gasteiger partial charge in [-0.05, 0) is 49.6 Å². The van der Waals surface area contributed by atoms with Gasteiger partial charge in [0.25, 0.3) is 0 Å². The van der Waals surface area contributed by atoms with E-state index in [0.717, 1.165) is 23.9 Å². The lowest BCUT2D eigenvalue weighted by Gasteiger charge is -2.45. The van der Waals surface area contributed by atoms with Crippen molar-refractivity contribution < 1.29 is 5.11 Å². The van der Waals surface area contributed by atoms with E-state index < -0.39 is 5.41 Å². The Hall–Kier alpha value is -1.58. The van der Waals surface area contributed by atoms with Crippen LogP contribution in [0.2, 0.25) is 0 Å². The first-order valence-corrected chi connectivity index (χ1v) is 9.36. The van der Waals surface area contributed by atoms with Gasteiger partial charge in [0.05, 0.1) is 5.41 Å². The Balaban J connectivity index is 1.86. The minimum atomic E-state index is -0.415. The standard InChI is InChI=1S/C21H22BrNO/c1-21(20-18-5-3-2-4-15(18)10-11-23-20)16-7-9-17(22)8-6-14(12-16)13-19(21)24/h2-9,13-14,20,23-24H,10-12H2,1H3/b8-6+,16-7?,17-9+. The molecule has 0 amide bonds. The third kappa shape index (κ3) is 2.51. The summed E-state index contributed by atoms with van der Waals surface area (Å²) in [6.07, 6.45) is 12.5. The van der Waals surface area contributed by atoms with Crippen LogP contribution >= 0.6 is 15.9 Å². The molecule has 0 saturated heterocycles. The smallest absolute Gasteiger partial charge is 0.101 e. The Morgan fingerprint density at radius 1 is 1.25 bits per heavy atom. The molecule has 2 aliphatic carbocycles. The molecule has 1 aromatic rings. The topological polar surface area (TPSA) is 32.3 Å². The van der Waals surface area contributed by atoms with Crippen LogP contribution in [-0.4, -0.2) is 11.7 Å². The predicted molar refractivity (Wildman–Crippen MR) is 102 cm³/mol. The molecule has 3 heteroatoms. The zero-order chi connectivity index (χ0) is 16.7. The van der Waals surface area contributed by atoms with Crippen molar-refractivity contribution in [2.75, 3.05) is 6.54 Å². The average molecular weight is 384 g/mol. The second-order valence-electron chi connectivity index (χ2n) is 7.06. The average Bonchev–Trinajstić information content (AvgIpc) is 2.59. The molecule has 24 heavy (non-hydrogen) atoms. The fourth-order valence-corrected chi connectivity index (χ4v) is 4.52. The molecular weight excluding hydrogens is 362 g/mol. The molecule has 4 rings (SSSR count). The summed E-state index contributed by atoms with van der Waals surface area (Å²) in [6, 6.07) is 8.72. The third-order valence-corrected chi connectivity index (χ3v) is 6.19. The first-order chi connectivity index (χ1) is 11.6. The Bertz CT molecular complexity index is 789. The highest BCUT2D eigenvalue weighted by Gasteiger charge is 2.46. The van der Waals surface area contributed by atoms with Crippen molar-refractivity contribution >= 4 is 15.9 Å².